The van der Waals surface area contributed by atoms with Crippen LogP contribution in [-0.4, -0.2) is 42.2 Å². The average Bonchev–Trinajstić information content (AvgIpc) is 3.04. The van der Waals surface area contributed by atoms with E-state index in [1.54, 1.807) is 7.11 Å². The van der Waals surface area contributed by atoms with Crippen molar-refractivity contribution in [2.75, 3.05) is 26.8 Å². The highest BCUT2D eigenvalue weighted by Crippen LogP contribution is 2.62. The van der Waals surface area contributed by atoms with E-state index in [0.717, 1.165) is 42.6 Å². The third kappa shape index (κ3) is 2.05. The minimum absolute atomic E-state index is 0.151. The van der Waals surface area contributed by atoms with Crippen molar-refractivity contribution in [2.24, 2.45) is 23.8 Å². The van der Waals surface area contributed by atoms with E-state index in [9.17, 15) is 4.79 Å². The highest BCUT2D eigenvalue weighted by atomic mass is 16.5. The molecule has 1 amide bonds. The second-order valence-corrected chi connectivity index (χ2v) is 8.37. The Hall–Kier alpha value is -1.81. The zero-order valence-corrected chi connectivity index (χ0v) is 15.0. The molecule has 4 heteroatoms. The van der Waals surface area contributed by atoms with E-state index in [0.29, 0.717) is 11.3 Å². The molecule has 0 spiro atoms. The predicted octanol–water partition coefficient (Wildman–Crippen LogP) is 3.31. The van der Waals surface area contributed by atoms with Crippen molar-refractivity contribution in [3.8, 4) is 0 Å². The Morgan fingerprint density at radius 3 is 2.79 bits per heavy atom. The SMILES string of the molecule is COC[C@@]12CN(C(=O)c3cn(C)c4ccccc34)C[C@@H]1C(C)(C)C2. The molecule has 0 unspecified atom stereocenters. The van der Waals surface area contributed by atoms with Crippen LogP contribution in [0.5, 0.6) is 0 Å². The molecule has 2 heterocycles. The molecule has 2 atom stereocenters. The number of carbonyl (C=O) groups excluding carboxylic acids is 1. The van der Waals surface area contributed by atoms with E-state index in [2.05, 4.69) is 24.8 Å². The summed E-state index contributed by atoms with van der Waals surface area (Å²) < 4.78 is 7.55. The lowest BCUT2D eigenvalue weighted by molar-refractivity contribution is -0.107. The van der Waals surface area contributed by atoms with Gasteiger partial charge in [0.15, 0.2) is 0 Å². The Kier molecular flexibility index (Phi) is 3.33. The van der Waals surface area contributed by atoms with Crippen molar-refractivity contribution in [1.29, 1.82) is 0 Å². The van der Waals surface area contributed by atoms with Gasteiger partial charge in [0.1, 0.15) is 0 Å². The van der Waals surface area contributed by atoms with Gasteiger partial charge < -0.3 is 14.2 Å². The summed E-state index contributed by atoms with van der Waals surface area (Å²) >= 11 is 0. The lowest BCUT2D eigenvalue weighted by Crippen LogP contribution is -2.55. The average molecular weight is 326 g/mol. The number of benzene rings is 1. The maximum Gasteiger partial charge on any atom is 0.256 e. The van der Waals surface area contributed by atoms with Crippen molar-refractivity contribution in [3.63, 3.8) is 0 Å². The van der Waals surface area contributed by atoms with Gasteiger partial charge >= 0.3 is 0 Å². The molecular weight excluding hydrogens is 300 g/mol. The number of rotatable bonds is 3. The van der Waals surface area contributed by atoms with Crippen LogP contribution in [0.4, 0.5) is 0 Å². The van der Waals surface area contributed by atoms with E-state index in [1.165, 1.54) is 0 Å². The van der Waals surface area contributed by atoms with Gasteiger partial charge in [-0.1, -0.05) is 32.0 Å². The van der Waals surface area contributed by atoms with Gasteiger partial charge in [-0.05, 0) is 23.8 Å². The van der Waals surface area contributed by atoms with Gasteiger partial charge in [0.2, 0.25) is 0 Å². The van der Waals surface area contributed by atoms with Crippen molar-refractivity contribution in [1.82, 2.24) is 9.47 Å². The summed E-state index contributed by atoms with van der Waals surface area (Å²) in [4.78, 5) is 15.3. The summed E-state index contributed by atoms with van der Waals surface area (Å²) in [5, 5.41) is 1.05. The maximum atomic E-state index is 13.2. The molecule has 4 nitrogen and oxygen atoms in total. The lowest BCUT2D eigenvalue weighted by Gasteiger charge is -2.56. The summed E-state index contributed by atoms with van der Waals surface area (Å²) in [6.07, 6.45) is 3.11. The first-order valence-electron chi connectivity index (χ1n) is 8.70. The van der Waals surface area contributed by atoms with Crippen LogP contribution in [0.1, 0.15) is 30.6 Å². The molecule has 2 aromatic rings. The number of fused-ring (bicyclic) bond motifs is 2. The largest absolute Gasteiger partial charge is 0.384 e. The molecule has 1 aliphatic carbocycles. The van der Waals surface area contributed by atoms with Gasteiger partial charge in [0.05, 0.1) is 12.2 Å². The lowest BCUT2D eigenvalue weighted by atomic mass is 9.48. The zero-order chi connectivity index (χ0) is 17.1. The van der Waals surface area contributed by atoms with E-state index in [4.69, 9.17) is 4.74 Å². The molecule has 128 valence electrons. The molecule has 2 aliphatic rings. The standard InChI is InChI=1S/C20H26N2O2/c1-19(2)11-20(13-24-4)12-22(10-17(19)20)18(23)15-9-21(3)16-8-6-5-7-14(15)16/h5-9,17H,10-13H2,1-4H3/t17-,20-/m1/s1. The smallest absolute Gasteiger partial charge is 0.256 e. The normalized spacial score (nSPS) is 28.0. The van der Waals surface area contributed by atoms with Crippen molar-refractivity contribution in [2.45, 2.75) is 20.3 Å². The van der Waals surface area contributed by atoms with Gasteiger partial charge in [-0.2, -0.15) is 0 Å². The van der Waals surface area contributed by atoms with Crippen molar-refractivity contribution >= 4 is 16.8 Å². The molecule has 24 heavy (non-hydrogen) atoms. The van der Waals surface area contributed by atoms with Gasteiger partial charge in [-0.15, -0.1) is 0 Å². The number of hydrogen-bond donors (Lipinski definition) is 0. The first-order valence-corrected chi connectivity index (χ1v) is 8.70. The fourth-order valence-corrected chi connectivity index (χ4v) is 5.45. The Morgan fingerprint density at radius 2 is 2.08 bits per heavy atom. The summed E-state index contributed by atoms with van der Waals surface area (Å²) in [6.45, 7) is 7.05. The number of para-hydroxylation sites is 1. The molecule has 1 aromatic heterocycles. The van der Waals surface area contributed by atoms with Crippen LogP contribution in [0.3, 0.4) is 0 Å². The topological polar surface area (TPSA) is 34.5 Å². The number of hydrogen-bond acceptors (Lipinski definition) is 2. The second kappa shape index (κ2) is 5.09. The van der Waals surface area contributed by atoms with Crippen molar-refractivity contribution < 1.29 is 9.53 Å². The van der Waals surface area contributed by atoms with Gasteiger partial charge in [0, 0.05) is 49.8 Å². The zero-order valence-electron chi connectivity index (χ0n) is 15.0. The fourth-order valence-electron chi connectivity index (χ4n) is 5.45. The Labute approximate surface area is 143 Å². The molecule has 1 saturated carbocycles. The van der Waals surface area contributed by atoms with Crippen LogP contribution in [0, 0.1) is 16.7 Å². The van der Waals surface area contributed by atoms with Crippen LogP contribution >= 0.6 is 0 Å². The number of aromatic nitrogens is 1. The summed E-state index contributed by atoms with van der Waals surface area (Å²) in [7, 11) is 3.77. The maximum absolute atomic E-state index is 13.2. The number of carbonyl (C=O) groups is 1. The first-order chi connectivity index (χ1) is 11.4. The highest BCUT2D eigenvalue weighted by Gasteiger charge is 2.63. The predicted molar refractivity (Wildman–Crippen MR) is 95.0 cm³/mol. The Bertz CT molecular complexity index is 807. The number of amides is 1. The first kappa shape index (κ1) is 15.7. The minimum atomic E-state index is 0.151. The number of likely N-dealkylation sites (tertiary alicyclic amines) is 1. The summed E-state index contributed by atoms with van der Waals surface area (Å²) in [5.74, 6) is 0.691. The number of nitrogens with zero attached hydrogens (tertiary/aromatic N) is 2. The summed E-state index contributed by atoms with van der Waals surface area (Å²) in [5.41, 5.74) is 2.37. The third-order valence-corrected chi connectivity index (χ3v) is 6.25. The van der Waals surface area contributed by atoms with Crippen LogP contribution in [-0.2, 0) is 11.8 Å². The van der Waals surface area contributed by atoms with Gasteiger partial charge in [-0.25, -0.2) is 0 Å². The van der Waals surface area contributed by atoms with E-state index < -0.39 is 0 Å². The van der Waals surface area contributed by atoms with E-state index in [-0.39, 0.29) is 11.3 Å². The second-order valence-electron chi connectivity index (χ2n) is 8.37. The van der Waals surface area contributed by atoms with Gasteiger partial charge in [0.25, 0.3) is 5.91 Å². The Morgan fingerprint density at radius 1 is 1.33 bits per heavy atom. The highest BCUT2D eigenvalue weighted by molar-refractivity contribution is 6.07. The monoisotopic (exact) mass is 326 g/mol. The third-order valence-electron chi connectivity index (χ3n) is 6.25. The number of ether oxygens (including phenoxy) is 1. The van der Waals surface area contributed by atoms with Crippen LogP contribution in [0.15, 0.2) is 30.5 Å². The number of aryl methyl sites for hydroxylation is 1. The molecule has 1 aliphatic heterocycles. The fraction of sp³-hybridized carbons (Fsp3) is 0.550. The molecule has 2 fully saturated rings. The Balaban J connectivity index is 1.66. The van der Waals surface area contributed by atoms with Crippen LogP contribution < -0.4 is 0 Å². The molecule has 1 saturated heterocycles. The number of methoxy groups -OCH3 is 1. The molecule has 0 radical (unpaired) electrons. The van der Waals surface area contributed by atoms with Gasteiger partial charge in [-0.3, -0.25) is 4.79 Å². The molecule has 0 N–H and O–H groups in total. The van der Waals surface area contributed by atoms with E-state index >= 15 is 0 Å². The van der Waals surface area contributed by atoms with Crippen molar-refractivity contribution in [3.05, 3.63) is 36.0 Å². The molecule has 1 aromatic carbocycles. The summed E-state index contributed by atoms with van der Waals surface area (Å²) in [6, 6.07) is 8.13. The molecule has 0 bridgehead atoms. The molecular formula is C20H26N2O2. The minimum Gasteiger partial charge on any atom is -0.384 e. The van der Waals surface area contributed by atoms with Crippen LogP contribution in [0.2, 0.25) is 0 Å². The van der Waals surface area contributed by atoms with Crippen LogP contribution in [0.25, 0.3) is 10.9 Å². The van der Waals surface area contributed by atoms with E-state index in [1.807, 2.05) is 36.0 Å². The molecule has 4 rings (SSSR count). The quantitative estimate of drug-likeness (QED) is 0.867.